The fourth-order valence-electron chi connectivity index (χ4n) is 3.49. The van der Waals surface area contributed by atoms with Gasteiger partial charge in [-0.3, -0.25) is 5.10 Å². The van der Waals surface area contributed by atoms with Crippen molar-refractivity contribution in [3.8, 4) is 11.4 Å². The Bertz CT molecular complexity index is 602. The van der Waals surface area contributed by atoms with E-state index in [2.05, 4.69) is 31.0 Å². The minimum atomic E-state index is 0.130. The van der Waals surface area contributed by atoms with E-state index in [0.29, 0.717) is 11.8 Å². The molecule has 1 aliphatic carbocycles. The maximum atomic E-state index is 6.24. The SMILES string of the molecule is CC1C(N)CCC(c2nc(-c3ccccc3)n[nH]2)C1(C)C. The summed E-state index contributed by atoms with van der Waals surface area (Å²) in [6.07, 6.45) is 2.12. The van der Waals surface area contributed by atoms with Gasteiger partial charge in [0.15, 0.2) is 5.82 Å². The van der Waals surface area contributed by atoms with Crippen LogP contribution in [0.3, 0.4) is 0 Å². The molecule has 2 aromatic rings. The molecule has 3 rings (SSSR count). The van der Waals surface area contributed by atoms with Crippen LogP contribution >= 0.6 is 0 Å². The summed E-state index contributed by atoms with van der Waals surface area (Å²) in [5, 5.41) is 7.57. The second-order valence-electron chi connectivity index (χ2n) is 6.81. The normalized spacial score (nSPS) is 28.5. The monoisotopic (exact) mass is 284 g/mol. The van der Waals surface area contributed by atoms with Crippen molar-refractivity contribution in [3.63, 3.8) is 0 Å². The van der Waals surface area contributed by atoms with Crippen molar-refractivity contribution in [2.45, 2.75) is 45.6 Å². The van der Waals surface area contributed by atoms with Crippen LogP contribution in [0.5, 0.6) is 0 Å². The van der Waals surface area contributed by atoms with Crippen LogP contribution in [-0.4, -0.2) is 21.2 Å². The summed E-state index contributed by atoms with van der Waals surface area (Å²) in [6.45, 7) is 6.85. The van der Waals surface area contributed by atoms with E-state index in [1.807, 2.05) is 30.3 Å². The number of rotatable bonds is 2. The van der Waals surface area contributed by atoms with Crippen LogP contribution in [0.15, 0.2) is 30.3 Å². The molecule has 0 bridgehead atoms. The van der Waals surface area contributed by atoms with E-state index in [4.69, 9.17) is 10.7 Å². The van der Waals surface area contributed by atoms with E-state index >= 15 is 0 Å². The van der Waals surface area contributed by atoms with Crippen molar-refractivity contribution in [1.82, 2.24) is 15.2 Å². The lowest BCUT2D eigenvalue weighted by Crippen LogP contribution is -2.46. The van der Waals surface area contributed by atoms with Crippen LogP contribution in [0.4, 0.5) is 0 Å². The predicted molar refractivity (Wildman–Crippen MR) is 84.7 cm³/mol. The summed E-state index contributed by atoms with van der Waals surface area (Å²) >= 11 is 0. The van der Waals surface area contributed by atoms with Gasteiger partial charge in [0.05, 0.1) is 0 Å². The largest absolute Gasteiger partial charge is 0.327 e. The first kappa shape index (κ1) is 14.3. The zero-order valence-electron chi connectivity index (χ0n) is 13.0. The number of hydrogen-bond acceptors (Lipinski definition) is 3. The van der Waals surface area contributed by atoms with E-state index in [1.165, 1.54) is 0 Å². The summed E-state index contributed by atoms with van der Waals surface area (Å²) in [5.74, 6) is 2.64. The molecule has 1 heterocycles. The first-order valence-corrected chi connectivity index (χ1v) is 7.73. The molecule has 4 heteroatoms. The highest BCUT2D eigenvalue weighted by atomic mass is 15.2. The average Bonchev–Trinajstić information content (AvgIpc) is 2.95. The molecule has 1 aromatic heterocycles. The maximum Gasteiger partial charge on any atom is 0.181 e. The highest BCUT2D eigenvalue weighted by Gasteiger charge is 2.43. The van der Waals surface area contributed by atoms with Crippen LogP contribution < -0.4 is 5.73 Å². The van der Waals surface area contributed by atoms with E-state index in [9.17, 15) is 0 Å². The van der Waals surface area contributed by atoms with Gasteiger partial charge < -0.3 is 5.73 Å². The second-order valence-corrected chi connectivity index (χ2v) is 6.81. The predicted octanol–water partition coefficient (Wildman–Crippen LogP) is 3.34. The van der Waals surface area contributed by atoms with E-state index in [1.54, 1.807) is 0 Å². The fourth-order valence-corrected chi connectivity index (χ4v) is 3.49. The Morgan fingerprint density at radius 3 is 2.62 bits per heavy atom. The van der Waals surface area contributed by atoms with Gasteiger partial charge >= 0.3 is 0 Å². The number of aromatic amines is 1. The molecule has 0 saturated heterocycles. The number of nitrogens with one attached hydrogen (secondary N) is 1. The van der Waals surface area contributed by atoms with Gasteiger partial charge in [0, 0.05) is 17.5 Å². The van der Waals surface area contributed by atoms with Crippen LogP contribution in [0.1, 0.15) is 45.4 Å². The Morgan fingerprint density at radius 1 is 1.19 bits per heavy atom. The molecule has 4 nitrogen and oxygen atoms in total. The molecule has 1 saturated carbocycles. The average molecular weight is 284 g/mol. The van der Waals surface area contributed by atoms with Gasteiger partial charge in [0.25, 0.3) is 0 Å². The maximum absolute atomic E-state index is 6.24. The van der Waals surface area contributed by atoms with Crippen molar-refractivity contribution < 1.29 is 0 Å². The summed E-state index contributed by atoms with van der Waals surface area (Å²) in [7, 11) is 0. The Hall–Kier alpha value is -1.68. The van der Waals surface area contributed by atoms with E-state index in [-0.39, 0.29) is 11.5 Å². The number of benzene rings is 1. The number of aromatic nitrogens is 3. The van der Waals surface area contributed by atoms with Gasteiger partial charge in [-0.2, -0.15) is 5.10 Å². The quantitative estimate of drug-likeness (QED) is 0.888. The van der Waals surface area contributed by atoms with Crippen molar-refractivity contribution in [1.29, 1.82) is 0 Å². The Kier molecular flexibility index (Phi) is 3.57. The molecule has 0 aliphatic heterocycles. The van der Waals surface area contributed by atoms with Crippen LogP contribution in [0, 0.1) is 11.3 Å². The summed E-state index contributed by atoms with van der Waals surface area (Å²) in [5.41, 5.74) is 7.43. The Labute approximate surface area is 126 Å². The number of nitrogens with two attached hydrogens (primary N) is 1. The van der Waals surface area contributed by atoms with Crippen LogP contribution in [-0.2, 0) is 0 Å². The lowest BCUT2D eigenvalue weighted by atomic mass is 9.61. The molecular weight excluding hydrogens is 260 g/mol. The lowest BCUT2D eigenvalue weighted by molar-refractivity contribution is 0.0950. The highest BCUT2D eigenvalue weighted by molar-refractivity contribution is 5.53. The molecule has 3 unspecified atom stereocenters. The van der Waals surface area contributed by atoms with Crippen molar-refractivity contribution in [2.24, 2.45) is 17.1 Å². The van der Waals surface area contributed by atoms with Gasteiger partial charge in [-0.1, -0.05) is 51.1 Å². The minimum Gasteiger partial charge on any atom is -0.327 e. The minimum absolute atomic E-state index is 0.130. The fraction of sp³-hybridized carbons (Fsp3) is 0.529. The summed E-state index contributed by atoms with van der Waals surface area (Å²) in [6, 6.07) is 10.4. The van der Waals surface area contributed by atoms with Gasteiger partial charge in [0.1, 0.15) is 5.82 Å². The molecule has 1 aliphatic rings. The second kappa shape index (κ2) is 5.26. The van der Waals surface area contributed by atoms with Gasteiger partial charge in [0.2, 0.25) is 0 Å². The van der Waals surface area contributed by atoms with E-state index < -0.39 is 0 Å². The van der Waals surface area contributed by atoms with Gasteiger partial charge in [-0.15, -0.1) is 0 Å². The Balaban J connectivity index is 1.90. The molecule has 0 amide bonds. The topological polar surface area (TPSA) is 67.6 Å². The molecule has 0 spiro atoms. The molecule has 3 N–H and O–H groups in total. The third-order valence-electron chi connectivity index (χ3n) is 5.37. The molecule has 21 heavy (non-hydrogen) atoms. The third-order valence-corrected chi connectivity index (χ3v) is 5.37. The lowest BCUT2D eigenvalue weighted by Gasteiger charge is -2.45. The van der Waals surface area contributed by atoms with Crippen molar-refractivity contribution in [3.05, 3.63) is 36.2 Å². The standard InChI is InChI=1S/C17H24N4/c1-11-14(18)10-9-13(17(11,2)3)16-19-15(20-21-16)12-7-5-4-6-8-12/h4-8,11,13-14H,9-10,18H2,1-3H3,(H,19,20,21). The van der Waals surface area contributed by atoms with Gasteiger partial charge in [-0.05, 0) is 24.2 Å². The number of H-pyrrole nitrogens is 1. The molecule has 3 atom stereocenters. The zero-order chi connectivity index (χ0) is 15.0. The summed E-state index contributed by atoms with van der Waals surface area (Å²) in [4.78, 5) is 4.75. The smallest absolute Gasteiger partial charge is 0.181 e. The van der Waals surface area contributed by atoms with Crippen LogP contribution in [0.2, 0.25) is 0 Å². The zero-order valence-corrected chi connectivity index (χ0v) is 13.0. The van der Waals surface area contributed by atoms with Crippen molar-refractivity contribution in [2.75, 3.05) is 0 Å². The van der Waals surface area contributed by atoms with E-state index in [0.717, 1.165) is 30.1 Å². The highest BCUT2D eigenvalue weighted by Crippen LogP contribution is 2.48. The molecule has 1 fully saturated rings. The molecule has 112 valence electrons. The first-order valence-electron chi connectivity index (χ1n) is 7.73. The van der Waals surface area contributed by atoms with Gasteiger partial charge in [-0.25, -0.2) is 4.98 Å². The number of nitrogens with zero attached hydrogens (tertiary/aromatic N) is 2. The van der Waals surface area contributed by atoms with Crippen LogP contribution in [0.25, 0.3) is 11.4 Å². The summed E-state index contributed by atoms with van der Waals surface area (Å²) < 4.78 is 0. The third kappa shape index (κ3) is 2.48. The molecular formula is C17H24N4. The first-order chi connectivity index (χ1) is 10.00. The molecule has 1 aromatic carbocycles. The molecule has 0 radical (unpaired) electrons. The Morgan fingerprint density at radius 2 is 1.90 bits per heavy atom. The van der Waals surface area contributed by atoms with Crippen molar-refractivity contribution >= 4 is 0 Å². The number of hydrogen-bond donors (Lipinski definition) is 2.